The first-order valence-electron chi connectivity index (χ1n) is 6.50. The topological polar surface area (TPSA) is 21.3 Å². The summed E-state index contributed by atoms with van der Waals surface area (Å²) in [6.07, 6.45) is 0. The second kappa shape index (κ2) is 7.29. The van der Waals surface area contributed by atoms with Crippen LogP contribution in [0.15, 0.2) is 42.5 Å². The first-order valence-corrected chi connectivity index (χ1v) is 7.96. The van der Waals surface area contributed by atoms with Crippen molar-refractivity contribution >= 4 is 34.2 Å². The van der Waals surface area contributed by atoms with Crippen LogP contribution in [0.25, 0.3) is 0 Å². The summed E-state index contributed by atoms with van der Waals surface area (Å²) in [4.78, 5) is 0. The molecular formula is C16H17ClINO. The molecule has 2 aromatic rings. The Morgan fingerprint density at radius 1 is 1.20 bits per heavy atom. The zero-order valence-corrected chi connectivity index (χ0v) is 14.4. The molecule has 0 saturated heterocycles. The van der Waals surface area contributed by atoms with Crippen LogP contribution in [0.5, 0.6) is 5.75 Å². The molecule has 2 nitrogen and oxygen atoms in total. The van der Waals surface area contributed by atoms with Crippen LogP contribution in [0.3, 0.4) is 0 Å². The molecule has 4 heteroatoms. The summed E-state index contributed by atoms with van der Waals surface area (Å²) in [5.74, 6) is 0.895. The van der Waals surface area contributed by atoms with Gasteiger partial charge in [-0.15, -0.1) is 0 Å². The highest BCUT2D eigenvalue weighted by molar-refractivity contribution is 14.1. The van der Waals surface area contributed by atoms with E-state index >= 15 is 0 Å². The highest BCUT2D eigenvalue weighted by atomic mass is 127. The van der Waals surface area contributed by atoms with Crippen molar-refractivity contribution in [1.29, 1.82) is 0 Å². The van der Waals surface area contributed by atoms with E-state index in [4.69, 9.17) is 16.3 Å². The van der Waals surface area contributed by atoms with Gasteiger partial charge in [-0.25, -0.2) is 0 Å². The van der Waals surface area contributed by atoms with Gasteiger partial charge >= 0.3 is 0 Å². The molecule has 2 aromatic carbocycles. The average molecular weight is 402 g/mol. The van der Waals surface area contributed by atoms with Gasteiger partial charge in [-0.2, -0.15) is 0 Å². The second-order valence-corrected chi connectivity index (χ2v) is 5.99. The van der Waals surface area contributed by atoms with Gasteiger partial charge in [0.1, 0.15) is 5.75 Å². The fourth-order valence-corrected chi connectivity index (χ4v) is 2.99. The molecule has 0 saturated carbocycles. The molecule has 1 N–H and O–H groups in total. The standard InChI is InChI=1S/C16H17ClINO/c1-3-20-13-7-4-11(5-8-13)16(19-2)14-10-12(17)6-9-15(14)18/h4-10,16,19H,3H2,1-2H3. The van der Waals surface area contributed by atoms with E-state index in [1.807, 2.05) is 44.3 Å². The summed E-state index contributed by atoms with van der Waals surface area (Å²) in [7, 11) is 1.96. The Hall–Kier alpha value is -0.780. The first-order chi connectivity index (χ1) is 9.65. The van der Waals surface area contributed by atoms with Crippen LogP contribution in [0.4, 0.5) is 0 Å². The average Bonchev–Trinajstić information content (AvgIpc) is 2.45. The largest absolute Gasteiger partial charge is 0.494 e. The molecule has 0 aromatic heterocycles. The normalized spacial score (nSPS) is 12.2. The fourth-order valence-electron chi connectivity index (χ4n) is 2.16. The third kappa shape index (κ3) is 3.65. The number of ether oxygens (including phenoxy) is 1. The first kappa shape index (κ1) is 15.6. The van der Waals surface area contributed by atoms with Crippen molar-refractivity contribution in [3.63, 3.8) is 0 Å². The van der Waals surface area contributed by atoms with Gasteiger partial charge in [-0.1, -0.05) is 23.7 Å². The minimum atomic E-state index is 0.122. The molecule has 0 spiro atoms. The molecule has 0 radical (unpaired) electrons. The Labute approximate surface area is 138 Å². The van der Waals surface area contributed by atoms with Crippen molar-refractivity contribution in [2.75, 3.05) is 13.7 Å². The molecule has 20 heavy (non-hydrogen) atoms. The van der Waals surface area contributed by atoms with Crippen LogP contribution in [0.2, 0.25) is 5.02 Å². The van der Waals surface area contributed by atoms with Gasteiger partial charge in [-0.3, -0.25) is 0 Å². The van der Waals surface area contributed by atoms with Crippen molar-refractivity contribution in [1.82, 2.24) is 5.32 Å². The minimum Gasteiger partial charge on any atom is -0.494 e. The van der Waals surface area contributed by atoms with E-state index in [1.165, 1.54) is 14.7 Å². The number of benzene rings is 2. The molecule has 0 heterocycles. The van der Waals surface area contributed by atoms with Crippen LogP contribution >= 0.6 is 34.2 Å². The fraction of sp³-hybridized carbons (Fsp3) is 0.250. The van der Waals surface area contributed by atoms with Crippen LogP contribution in [-0.4, -0.2) is 13.7 Å². The molecule has 0 aliphatic carbocycles. The number of nitrogens with one attached hydrogen (secondary N) is 1. The van der Waals surface area contributed by atoms with Gasteiger partial charge in [0.05, 0.1) is 12.6 Å². The number of hydrogen-bond acceptors (Lipinski definition) is 2. The Bertz CT molecular complexity index is 571. The Morgan fingerprint density at radius 3 is 2.50 bits per heavy atom. The second-order valence-electron chi connectivity index (χ2n) is 4.39. The predicted molar refractivity (Wildman–Crippen MR) is 92.7 cm³/mol. The van der Waals surface area contributed by atoms with Crippen molar-refractivity contribution in [2.24, 2.45) is 0 Å². The van der Waals surface area contributed by atoms with E-state index in [1.54, 1.807) is 0 Å². The monoisotopic (exact) mass is 401 g/mol. The molecule has 106 valence electrons. The third-order valence-corrected chi connectivity index (χ3v) is 4.30. The van der Waals surface area contributed by atoms with Crippen LogP contribution < -0.4 is 10.1 Å². The quantitative estimate of drug-likeness (QED) is 0.736. The van der Waals surface area contributed by atoms with Gasteiger partial charge in [0, 0.05) is 8.59 Å². The SMILES string of the molecule is CCOc1ccc(C(NC)c2cc(Cl)ccc2I)cc1. The van der Waals surface area contributed by atoms with Crippen LogP contribution in [-0.2, 0) is 0 Å². The van der Waals surface area contributed by atoms with Gasteiger partial charge in [-0.05, 0) is 78.0 Å². The summed E-state index contributed by atoms with van der Waals surface area (Å²) in [6.45, 7) is 2.67. The highest BCUT2D eigenvalue weighted by Gasteiger charge is 2.15. The van der Waals surface area contributed by atoms with Crippen molar-refractivity contribution in [2.45, 2.75) is 13.0 Å². The summed E-state index contributed by atoms with van der Waals surface area (Å²) in [5.41, 5.74) is 2.38. The van der Waals surface area contributed by atoms with Crippen molar-refractivity contribution in [3.8, 4) is 5.75 Å². The van der Waals surface area contributed by atoms with Crippen molar-refractivity contribution < 1.29 is 4.74 Å². The molecular weight excluding hydrogens is 385 g/mol. The lowest BCUT2D eigenvalue weighted by Crippen LogP contribution is -2.18. The lowest BCUT2D eigenvalue weighted by atomic mass is 9.99. The Kier molecular flexibility index (Phi) is 5.69. The number of rotatable bonds is 5. The van der Waals surface area contributed by atoms with Crippen LogP contribution in [0.1, 0.15) is 24.1 Å². The lowest BCUT2D eigenvalue weighted by molar-refractivity contribution is 0.340. The predicted octanol–water partition coefficient (Wildman–Crippen LogP) is 4.65. The molecule has 0 amide bonds. The molecule has 0 aliphatic heterocycles. The summed E-state index contributed by atoms with van der Waals surface area (Å²) >= 11 is 8.46. The molecule has 1 atom stereocenters. The zero-order valence-electron chi connectivity index (χ0n) is 11.5. The molecule has 2 rings (SSSR count). The zero-order chi connectivity index (χ0) is 14.5. The number of halogens is 2. The maximum absolute atomic E-state index is 6.12. The molecule has 0 aliphatic rings. The van der Waals surface area contributed by atoms with E-state index < -0.39 is 0 Å². The van der Waals surface area contributed by atoms with E-state index in [0.717, 1.165) is 10.8 Å². The Balaban J connectivity index is 2.34. The molecule has 1 unspecified atom stereocenters. The van der Waals surface area contributed by atoms with Gasteiger partial charge < -0.3 is 10.1 Å². The lowest BCUT2D eigenvalue weighted by Gasteiger charge is -2.19. The van der Waals surface area contributed by atoms with E-state index in [2.05, 4.69) is 40.0 Å². The number of hydrogen-bond donors (Lipinski definition) is 1. The Morgan fingerprint density at radius 2 is 1.90 bits per heavy atom. The summed E-state index contributed by atoms with van der Waals surface area (Å²) < 4.78 is 6.67. The summed E-state index contributed by atoms with van der Waals surface area (Å²) in [6, 6.07) is 14.3. The maximum atomic E-state index is 6.12. The minimum absolute atomic E-state index is 0.122. The van der Waals surface area contributed by atoms with Crippen molar-refractivity contribution in [3.05, 3.63) is 62.2 Å². The third-order valence-electron chi connectivity index (χ3n) is 3.08. The van der Waals surface area contributed by atoms with E-state index in [-0.39, 0.29) is 6.04 Å². The highest BCUT2D eigenvalue weighted by Crippen LogP contribution is 2.29. The summed E-state index contributed by atoms with van der Waals surface area (Å²) in [5, 5.41) is 4.11. The van der Waals surface area contributed by atoms with E-state index in [9.17, 15) is 0 Å². The van der Waals surface area contributed by atoms with Crippen LogP contribution in [0, 0.1) is 3.57 Å². The maximum Gasteiger partial charge on any atom is 0.119 e. The molecule has 0 fully saturated rings. The smallest absolute Gasteiger partial charge is 0.119 e. The van der Waals surface area contributed by atoms with Gasteiger partial charge in [0.25, 0.3) is 0 Å². The van der Waals surface area contributed by atoms with Gasteiger partial charge in [0.15, 0.2) is 0 Å². The van der Waals surface area contributed by atoms with E-state index in [0.29, 0.717) is 6.61 Å². The van der Waals surface area contributed by atoms with Gasteiger partial charge in [0.2, 0.25) is 0 Å². The molecule has 0 bridgehead atoms.